The lowest BCUT2D eigenvalue weighted by Gasteiger charge is -2.17. The molecule has 0 radical (unpaired) electrons. The van der Waals surface area contributed by atoms with Crippen molar-refractivity contribution in [2.45, 2.75) is 58.5 Å². The van der Waals surface area contributed by atoms with E-state index in [0.29, 0.717) is 18.4 Å². The molecule has 1 aliphatic rings. The van der Waals surface area contributed by atoms with Crippen LogP contribution in [0.4, 0.5) is 0 Å². The summed E-state index contributed by atoms with van der Waals surface area (Å²) in [5, 5.41) is 3.23. The van der Waals surface area contributed by atoms with E-state index in [1.165, 1.54) is 0 Å². The molecule has 17 heavy (non-hydrogen) atoms. The average Bonchev–Trinajstić information content (AvgIpc) is 2.58. The first-order valence-electron chi connectivity index (χ1n) is 6.64. The van der Waals surface area contributed by atoms with Gasteiger partial charge in [-0.3, -0.25) is 0 Å². The van der Waals surface area contributed by atoms with Gasteiger partial charge in [0.15, 0.2) is 0 Å². The van der Waals surface area contributed by atoms with E-state index in [-0.39, 0.29) is 11.8 Å². The monoisotopic (exact) mass is 262 g/mol. The second-order valence-electron chi connectivity index (χ2n) is 5.41. The van der Waals surface area contributed by atoms with E-state index in [1.807, 2.05) is 0 Å². The topological polar surface area (TPSA) is 58.2 Å². The van der Waals surface area contributed by atoms with Crippen molar-refractivity contribution in [3.8, 4) is 0 Å². The summed E-state index contributed by atoms with van der Waals surface area (Å²) in [5.41, 5.74) is 0. The molecule has 1 saturated carbocycles. The van der Waals surface area contributed by atoms with Crippen molar-refractivity contribution in [3.05, 3.63) is 0 Å². The van der Waals surface area contributed by atoms with Gasteiger partial charge < -0.3 is 5.32 Å². The Balaban J connectivity index is 2.26. The van der Waals surface area contributed by atoms with E-state index in [0.717, 1.165) is 25.8 Å². The van der Waals surface area contributed by atoms with E-state index >= 15 is 0 Å². The lowest BCUT2D eigenvalue weighted by Crippen LogP contribution is -2.38. The fraction of sp³-hybridized carbons (Fsp3) is 1.00. The summed E-state index contributed by atoms with van der Waals surface area (Å²) < 4.78 is 26.5. The van der Waals surface area contributed by atoms with Gasteiger partial charge in [-0.15, -0.1) is 0 Å². The molecule has 4 nitrogen and oxygen atoms in total. The first-order chi connectivity index (χ1) is 7.91. The highest BCUT2D eigenvalue weighted by Gasteiger charge is 2.26. The Hall–Kier alpha value is -0.130. The molecule has 0 aromatic heterocycles. The molecule has 0 saturated heterocycles. The molecule has 0 aromatic carbocycles. The number of nitrogens with one attached hydrogen (secondary N) is 2. The third-order valence-corrected chi connectivity index (χ3v) is 4.82. The van der Waals surface area contributed by atoms with Crippen LogP contribution < -0.4 is 10.0 Å². The normalized spacial score (nSPS) is 25.6. The van der Waals surface area contributed by atoms with Crippen LogP contribution in [-0.2, 0) is 10.0 Å². The Morgan fingerprint density at radius 2 is 2.00 bits per heavy atom. The molecule has 5 heteroatoms. The van der Waals surface area contributed by atoms with Crippen LogP contribution in [0.5, 0.6) is 0 Å². The second-order valence-corrected chi connectivity index (χ2v) is 7.29. The average molecular weight is 262 g/mol. The van der Waals surface area contributed by atoms with Gasteiger partial charge in [0.25, 0.3) is 0 Å². The van der Waals surface area contributed by atoms with Crippen LogP contribution in [0.25, 0.3) is 0 Å². The van der Waals surface area contributed by atoms with Crippen LogP contribution in [0.2, 0.25) is 0 Å². The molecule has 1 fully saturated rings. The van der Waals surface area contributed by atoms with E-state index in [1.54, 1.807) is 0 Å². The molecule has 0 aliphatic heterocycles. The second kappa shape index (κ2) is 6.71. The van der Waals surface area contributed by atoms with Crippen LogP contribution >= 0.6 is 0 Å². The van der Waals surface area contributed by atoms with Gasteiger partial charge in [0.1, 0.15) is 0 Å². The van der Waals surface area contributed by atoms with Gasteiger partial charge in [-0.1, -0.05) is 27.2 Å². The molecular weight excluding hydrogens is 236 g/mol. The minimum Gasteiger partial charge on any atom is -0.314 e. The molecule has 102 valence electrons. The van der Waals surface area contributed by atoms with Crippen LogP contribution in [-0.4, -0.2) is 32.8 Å². The van der Waals surface area contributed by atoms with Gasteiger partial charge in [0.05, 0.1) is 5.75 Å². The number of sulfonamides is 1. The van der Waals surface area contributed by atoms with Gasteiger partial charge in [0.2, 0.25) is 10.0 Å². The molecule has 0 aromatic rings. The van der Waals surface area contributed by atoms with Crippen molar-refractivity contribution in [2.75, 3.05) is 12.3 Å². The number of hydrogen-bond acceptors (Lipinski definition) is 3. The summed E-state index contributed by atoms with van der Waals surface area (Å²) in [4.78, 5) is 0. The lowest BCUT2D eigenvalue weighted by molar-refractivity contribution is 0.475. The summed E-state index contributed by atoms with van der Waals surface area (Å²) in [6.07, 6.45) is 3.95. The van der Waals surface area contributed by atoms with E-state index in [9.17, 15) is 8.42 Å². The van der Waals surface area contributed by atoms with E-state index < -0.39 is 10.0 Å². The highest BCUT2D eigenvalue weighted by Crippen LogP contribution is 2.25. The Morgan fingerprint density at radius 1 is 1.29 bits per heavy atom. The number of rotatable bonds is 7. The van der Waals surface area contributed by atoms with E-state index in [2.05, 4.69) is 30.8 Å². The van der Waals surface area contributed by atoms with Crippen molar-refractivity contribution in [3.63, 3.8) is 0 Å². The Kier molecular flexibility index (Phi) is 5.89. The maximum absolute atomic E-state index is 11.8. The lowest BCUT2D eigenvalue weighted by atomic mass is 10.1. The highest BCUT2D eigenvalue weighted by atomic mass is 32.2. The minimum absolute atomic E-state index is 0.165. The van der Waals surface area contributed by atoms with Crippen LogP contribution in [0.3, 0.4) is 0 Å². The van der Waals surface area contributed by atoms with Crippen molar-refractivity contribution < 1.29 is 8.42 Å². The molecule has 1 rings (SSSR count). The summed E-state index contributed by atoms with van der Waals surface area (Å²) in [6, 6.07) is 0.582. The zero-order valence-corrected chi connectivity index (χ0v) is 12.0. The zero-order chi connectivity index (χ0) is 12.9. The quantitative estimate of drug-likeness (QED) is 0.683. The van der Waals surface area contributed by atoms with Gasteiger partial charge in [-0.25, -0.2) is 13.1 Å². The highest BCUT2D eigenvalue weighted by molar-refractivity contribution is 7.89. The maximum Gasteiger partial charge on any atom is 0.211 e. The molecular formula is C12H26N2O2S. The van der Waals surface area contributed by atoms with Gasteiger partial charge in [0, 0.05) is 12.1 Å². The smallest absolute Gasteiger partial charge is 0.211 e. The van der Waals surface area contributed by atoms with Crippen LogP contribution in [0.1, 0.15) is 46.5 Å². The fourth-order valence-corrected chi connectivity index (χ4v) is 3.72. The Labute approximate surface area is 106 Å². The summed E-state index contributed by atoms with van der Waals surface area (Å²) in [7, 11) is -3.09. The summed E-state index contributed by atoms with van der Waals surface area (Å²) in [6.45, 7) is 7.01. The first kappa shape index (κ1) is 14.9. The van der Waals surface area contributed by atoms with Crippen molar-refractivity contribution in [1.29, 1.82) is 0 Å². The molecule has 2 atom stereocenters. The van der Waals surface area contributed by atoms with Crippen LogP contribution in [0, 0.1) is 5.92 Å². The van der Waals surface area contributed by atoms with Crippen molar-refractivity contribution in [1.82, 2.24) is 10.0 Å². The number of hydrogen-bond donors (Lipinski definition) is 2. The largest absolute Gasteiger partial charge is 0.314 e. The predicted octanol–water partition coefficient (Wildman–Crippen LogP) is 1.48. The van der Waals surface area contributed by atoms with Gasteiger partial charge >= 0.3 is 0 Å². The molecule has 2 N–H and O–H groups in total. The predicted molar refractivity (Wildman–Crippen MR) is 71.5 cm³/mol. The standard InChI is InChI=1S/C12H26N2O2S/c1-10(2)13-8-5-9-17(15,16)14-12-7-4-6-11(12)3/h10-14H,4-9H2,1-3H3. The Morgan fingerprint density at radius 3 is 2.53 bits per heavy atom. The minimum atomic E-state index is -3.09. The maximum atomic E-state index is 11.8. The molecule has 0 spiro atoms. The van der Waals surface area contributed by atoms with Gasteiger partial charge in [-0.05, 0) is 31.7 Å². The molecule has 0 amide bonds. The van der Waals surface area contributed by atoms with E-state index in [4.69, 9.17) is 0 Å². The third kappa shape index (κ3) is 5.84. The molecule has 0 bridgehead atoms. The van der Waals surface area contributed by atoms with Crippen molar-refractivity contribution >= 4 is 10.0 Å². The molecule has 2 unspecified atom stereocenters. The SMILES string of the molecule is CC(C)NCCCS(=O)(=O)NC1CCCC1C. The molecule has 0 heterocycles. The summed E-state index contributed by atoms with van der Waals surface area (Å²) >= 11 is 0. The Bertz CT molecular complexity index is 314. The first-order valence-corrected chi connectivity index (χ1v) is 8.29. The van der Waals surface area contributed by atoms with Crippen LogP contribution in [0.15, 0.2) is 0 Å². The fourth-order valence-electron chi connectivity index (χ4n) is 2.26. The van der Waals surface area contributed by atoms with Crippen molar-refractivity contribution in [2.24, 2.45) is 5.92 Å². The zero-order valence-electron chi connectivity index (χ0n) is 11.2. The van der Waals surface area contributed by atoms with Gasteiger partial charge in [-0.2, -0.15) is 0 Å². The summed E-state index contributed by atoms with van der Waals surface area (Å²) in [5.74, 6) is 0.717. The molecule has 1 aliphatic carbocycles. The third-order valence-electron chi connectivity index (χ3n) is 3.33.